The first-order chi connectivity index (χ1) is 11.1. The van der Waals surface area contributed by atoms with E-state index in [0.717, 1.165) is 24.5 Å². The van der Waals surface area contributed by atoms with Gasteiger partial charge in [0.05, 0.1) is 5.02 Å². The second-order valence-electron chi connectivity index (χ2n) is 5.95. The number of nitrogens with zero attached hydrogens (tertiary/aromatic N) is 1. The van der Waals surface area contributed by atoms with Crippen LogP contribution < -0.4 is 10.1 Å². The quantitative estimate of drug-likeness (QED) is 0.878. The normalized spacial score (nSPS) is 22.6. The van der Waals surface area contributed by atoms with Crippen molar-refractivity contribution in [2.24, 2.45) is 5.92 Å². The highest BCUT2D eigenvalue weighted by atomic mass is 35.5. The van der Waals surface area contributed by atoms with Crippen molar-refractivity contribution in [3.63, 3.8) is 0 Å². The van der Waals surface area contributed by atoms with E-state index in [4.69, 9.17) is 27.9 Å². The number of piperidine rings is 1. The van der Waals surface area contributed by atoms with E-state index in [1.165, 1.54) is 5.56 Å². The van der Waals surface area contributed by atoms with Crippen molar-refractivity contribution >= 4 is 23.2 Å². The van der Waals surface area contributed by atoms with E-state index in [0.29, 0.717) is 22.7 Å². The number of hydrogen-bond acceptors (Lipinski definition) is 3. The Hall–Kier alpha value is -1.29. The molecule has 5 heteroatoms. The van der Waals surface area contributed by atoms with Crippen molar-refractivity contribution < 1.29 is 4.74 Å². The van der Waals surface area contributed by atoms with E-state index in [-0.39, 0.29) is 6.10 Å². The third-order valence-electron chi connectivity index (χ3n) is 4.44. The van der Waals surface area contributed by atoms with Crippen LogP contribution in [0, 0.1) is 5.92 Å². The molecule has 0 aliphatic carbocycles. The summed E-state index contributed by atoms with van der Waals surface area (Å²) in [5.74, 6) is 1.45. The van der Waals surface area contributed by atoms with Gasteiger partial charge in [0.25, 0.3) is 0 Å². The fourth-order valence-electron chi connectivity index (χ4n) is 3.23. The van der Waals surface area contributed by atoms with Gasteiger partial charge in [-0.1, -0.05) is 35.3 Å². The predicted octanol–water partition coefficient (Wildman–Crippen LogP) is 4.55. The summed E-state index contributed by atoms with van der Waals surface area (Å²) in [6, 6.07) is 11.7. The van der Waals surface area contributed by atoms with Crippen molar-refractivity contribution in [2.75, 3.05) is 13.1 Å². The van der Waals surface area contributed by atoms with Gasteiger partial charge in [-0.3, -0.25) is 0 Å². The zero-order valence-electron chi connectivity index (χ0n) is 13.0. The fraction of sp³-hybridized carbons (Fsp3) is 0.389. The molecule has 122 valence electrons. The summed E-state index contributed by atoms with van der Waals surface area (Å²) in [4.78, 5) is 4.24. The molecule has 1 aliphatic heterocycles. The number of rotatable bonds is 4. The minimum atomic E-state index is 0.0754. The van der Waals surface area contributed by atoms with Gasteiger partial charge in [0.2, 0.25) is 5.88 Å². The van der Waals surface area contributed by atoms with E-state index in [1.807, 2.05) is 18.2 Å². The lowest BCUT2D eigenvalue weighted by Crippen LogP contribution is -2.41. The maximum Gasteiger partial charge on any atom is 0.213 e. The molecule has 3 rings (SSSR count). The highest BCUT2D eigenvalue weighted by Crippen LogP contribution is 2.33. The Morgan fingerprint density at radius 1 is 1.13 bits per heavy atom. The fourth-order valence-corrected chi connectivity index (χ4v) is 3.46. The molecule has 1 N–H and O–H groups in total. The van der Waals surface area contributed by atoms with Crippen LogP contribution in [0.5, 0.6) is 5.88 Å². The van der Waals surface area contributed by atoms with Gasteiger partial charge in [-0.05, 0) is 43.7 Å². The van der Waals surface area contributed by atoms with Gasteiger partial charge in [0, 0.05) is 35.7 Å². The molecule has 1 saturated heterocycles. The van der Waals surface area contributed by atoms with Crippen molar-refractivity contribution in [3.8, 4) is 5.88 Å². The zero-order chi connectivity index (χ0) is 16.2. The van der Waals surface area contributed by atoms with E-state index in [9.17, 15) is 0 Å². The predicted molar refractivity (Wildman–Crippen MR) is 94.5 cm³/mol. The summed E-state index contributed by atoms with van der Waals surface area (Å²) in [5.41, 5.74) is 1.30. The molecule has 1 aliphatic rings. The molecule has 1 aromatic heterocycles. The number of nitrogens with one attached hydrogen (secondary N) is 1. The lowest BCUT2D eigenvalue weighted by Gasteiger charge is -2.36. The Bertz CT molecular complexity index is 630. The summed E-state index contributed by atoms with van der Waals surface area (Å²) < 4.78 is 6.06. The third kappa shape index (κ3) is 4.17. The number of hydrogen-bond donors (Lipinski definition) is 1. The Morgan fingerprint density at radius 2 is 1.87 bits per heavy atom. The largest absolute Gasteiger partial charge is 0.474 e. The third-order valence-corrected chi connectivity index (χ3v) is 4.92. The minimum absolute atomic E-state index is 0.0754. The molecule has 0 radical (unpaired) electrons. The molecule has 0 unspecified atom stereocenters. The van der Waals surface area contributed by atoms with Crippen molar-refractivity contribution in [3.05, 3.63) is 58.2 Å². The number of benzene rings is 1. The summed E-state index contributed by atoms with van der Waals surface area (Å²) in [6.07, 6.45) is 2.76. The molecule has 1 fully saturated rings. The Morgan fingerprint density at radius 3 is 2.57 bits per heavy atom. The first-order valence-corrected chi connectivity index (χ1v) is 8.63. The number of aromatic nitrogens is 1. The Balaban J connectivity index is 1.74. The van der Waals surface area contributed by atoms with E-state index in [1.54, 1.807) is 12.3 Å². The van der Waals surface area contributed by atoms with Gasteiger partial charge in [-0.15, -0.1) is 0 Å². The van der Waals surface area contributed by atoms with Gasteiger partial charge in [-0.2, -0.15) is 0 Å². The van der Waals surface area contributed by atoms with Crippen molar-refractivity contribution in [2.45, 2.75) is 25.4 Å². The molecule has 0 saturated carbocycles. The standard InChI is InChI=1S/C18H20Cl2N2O/c1-12(23-18-7-6-15(20)10-22-18)16-8-9-21-11-17(16)13-2-4-14(19)5-3-13/h2-7,10,12,16-17,21H,8-9,11H2,1H3/t12-,16-,17+/m1/s1. The van der Waals surface area contributed by atoms with Gasteiger partial charge in [-0.25, -0.2) is 4.98 Å². The van der Waals surface area contributed by atoms with Crippen LogP contribution in [0.3, 0.4) is 0 Å². The lowest BCUT2D eigenvalue weighted by molar-refractivity contribution is 0.108. The first-order valence-electron chi connectivity index (χ1n) is 7.88. The number of halogens is 2. The van der Waals surface area contributed by atoms with E-state index < -0.39 is 0 Å². The van der Waals surface area contributed by atoms with Crippen LogP contribution in [-0.4, -0.2) is 24.2 Å². The molecule has 2 heterocycles. The molecular weight excluding hydrogens is 331 g/mol. The van der Waals surface area contributed by atoms with Crippen molar-refractivity contribution in [1.29, 1.82) is 0 Å². The van der Waals surface area contributed by atoms with Crippen LogP contribution >= 0.6 is 23.2 Å². The molecule has 0 bridgehead atoms. The summed E-state index contributed by atoms with van der Waals surface area (Å²) in [5, 5.41) is 4.87. The Kier molecular flexibility index (Phi) is 5.42. The van der Waals surface area contributed by atoms with E-state index >= 15 is 0 Å². The number of ether oxygens (including phenoxy) is 1. The maximum absolute atomic E-state index is 6.06. The van der Waals surface area contributed by atoms with Gasteiger partial charge in [0.15, 0.2) is 0 Å². The van der Waals surface area contributed by atoms with Crippen LogP contribution in [0.25, 0.3) is 0 Å². The number of pyridine rings is 1. The van der Waals surface area contributed by atoms with Crippen LogP contribution in [0.4, 0.5) is 0 Å². The first kappa shape index (κ1) is 16.6. The highest BCUT2D eigenvalue weighted by molar-refractivity contribution is 6.30. The second kappa shape index (κ2) is 7.52. The molecule has 1 aromatic carbocycles. The Labute approximate surface area is 147 Å². The molecule has 3 nitrogen and oxygen atoms in total. The SMILES string of the molecule is C[C@@H](Oc1ccc(Cl)cn1)[C@H]1CCNC[C@H]1c1ccc(Cl)cc1. The lowest BCUT2D eigenvalue weighted by atomic mass is 9.78. The summed E-state index contributed by atoms with van der Waals surface area (Å²) >= 11 is 11.9. The molecule has 0 amide bonds. The molecular formula is C18H20Cl2N2O. The summed E-state index contributed by atoms with van der Waals surface area (Å²) in [6.45, 7) is 4.08. The topological polar surface area (TPSA) is 34.1 Å². The van der Waals surface area contributed by atoms with Crippen LogP contribution in [0.2, 0.25) is 10.0 Å². The van der Waals surface area contributed by atoms with Gasteiger partial charge < -0.3 is 10.1 Å². The average Bonchev–Trinajstić information content (AvgIpc) is 2.58. The van der Waals surface area contributed by atoms with E-state index in [2.05, 4.69) is 29.4 Å². The molecule has 0 spiro atoms. The van der Waals surface area contributed by atoms with Crippen LogP contribution in [-0.2, 0) is 0 Å². The monoisotopic (exact) mass is 350 g/mol. The molecule has 3 atom stereocenters. The average molecular weight is 351 g/mol. The maximum atomic E-state index is 6.06. The molecule has 2 aromatic rings. The van der Waals surface area contributed by atoms with Crippen LogP contribution in [0.15, 0.2) is 42.6 Å². The van der Waals surface area contributed by atoms with Gasteiger partial charge in [0.1, 0.15) is 6.10 Å². The second-order valence-corrected chi connectivity index (χ2v) is 6.83. The van der Waals surface area contributed by atoms with Crippen LogP contribution in [0.1, 0.15) is 24.8 Å². The smallest absolute Gasteiger partial charge is 0.213 e. The summed E-state index contributed by atoms with van der Waals surface area (Å²) in [7, 11) is 0. The van der Waals surface area contributed by atoms with Gasteiger partial charge >= 0.3 is 0 Å². The van der Waals surface area contributed by atoms with Crippen molar-refractivity contribution in [1.82, 2.24) is 10.3 Å². The zero-order valence-corrected chi connectivity index (χ0v) is 14.5. The molecule has 23 heavy (non-hydrogen) atoms. The minimum Gasteiger partial charge on any atom is -0.474 e. The highest BCUT2D eigenvalue weighted by Gasteiger charge is 2.32.